The quantitative estimate of drug-likeness (QED) is 0.869. The summed E-state index contributed by atoms with van der Waals surface area (Å²) in [7, 11) is 3.71. The lowest BCUT2D eigenvalue weighted by molar-refractivity contribution is 0.0572. The van der Waals surface area contributed by atoms with Crippen LogP contribution in [0.5, 0.6) is 0 Å². The molecule has 2 heterocycles. The second kappa shape index (κ2) is 5.52. The summed E-state index contributed by atoms with van der Waals surface area (Å²) in [5, 5.41) is 2.83. The van der Waals surface area contributed by atoms with Crippen LogP contribution in [-0.2, 0) is 0 Å². The number of piperazine rings is 1. The third-order valence-corrected chi connectivity index (χ3v) is 3.57. The molecular formula is C13H19FN4O. The number of hydrogen-bond donors (Lipinski definition) is 1. The van der Waals surface area contributed by atoms with E-state index in [4.69, 9.17) is 0 Å². The van der Waals surface area contributed by atoms with Crippen LogP contribution >= 0.6 is 0 Å². The van der Waals surface area contributed by atoms with E-state index in [0.29, 0.717) is 30.5 Å². The van der Waals surface area contributed by atoms with Gasteiger partial charge >= 0.3 is 0 Å². The molecule has 104 valence electrons. The number of likely N-dealkylation sites (N-methyl/N-ethyl adjacent to an activating group) is 1. The van der Waals surface area contributed by atoms with Crippen molar-refractivity contribution in [3.05, 3.63) is 23.6 Å². The molecule has 0 bridgehead atoms. The average Bonchev–Trinajstić information content (AvgIpc) is 2.41. The zero-order chi connectivity index (χ0) is 14.0. The standard InChI is InChI=1S/C13H19FN4O/c1-9-8-18(5-4-17(9)3)13(19)11-6-10(14)7-16-12(11)15-2/h6-7,9H,4-5,8H2,1-3H3,(H,15,16). The summed E-state index contributed by atoms with van der Waals surface area (Å²) < 4.78 is 13.3. The Morgan fingerprint density at radius 1 is 1.53 bits per heavy atom. The average molecular weight is 266 g/mol. The molecular weight excluding hydrogens is 247 g/mol. The summed E-state index contributed by atoms with van der Waals surface area (Å²) in [6, 6.07) is 1.54. The van der Waals surface area contributed by atoms with Crippen LogP contribution in [0.1, 0.15) is 17.3 Å². The van der Waals surface area contributed by atoms with E-state index in [1.165, 1.54) is 6.07 Å². The van der Waals surface area contributed by atoms with E-state index in [2.05, 4.69) is 22.1 Å². The molecule has 1 fully saturated rings. The molecule has 1 atom stereocenters. The molecule has 19 heavy (non-hydrogen) atoms. The van der Waals surface area contributed by atoms with E-state index in [1.54, 1.807) is 11.9 Å². The molecule has 0 aromatic carbocycles. The smallest absolute Gasteiger partial charge is 0.257 e. The SMILES string of the molecule is CNc1ncc(F)cc1C(=O)N1CCN(C)C(C)C1. The lowest BCUT2D eigenvalue weighted by atomic mass is 10.1. The second-order valence-electron chi connectivity index (χ2n) is 4.88. The highest BCUT2D eigenvalue weighted by Crippen LogP contribution is 2.18. The normalized spacial score (nSPS) is 20.4. The van der Waals surface area contributed by atoms with Gasteiger partial charge in [-0.3, -0.25) is 4.79 Å². The van der Waals surface area contributed by atoms with Crippen molar-refractivity contribution in [2.45, 2.75) is 13.0 Å². The number of aromatic nitrogens is 1. The third kappa shape index (κ3) is 2.84. The molecule has 1 unspecified atom stereocenters. The fourth-order valence-electron chi connectivity index (χ4n) is 2.20. The Kier molecular flexibility index (Phi) is 3.99. The Balaban J connectivity index is 2.22. The monoisotopic (exact) mass is 266 g/mol. The highest BCUT2D eigenvalue weighted by atomic mass is 19.1. The Morgan fingerprint density at radius 3 is 2.89 bits per heavy atom. The molecule has 1 amide bonds. The Morgan fingerprint density at radius 2 is 2.26 bits per heavy atom. The number of carbonyl (C=O) groups excluding carboxylic acids is 1. The Hall–Kier alpha value is -1.69. The minimum absolute atomic E-state index is 0.170. The van der Waals surface area contributed by atoms with Crippen molar-refractivity contribution in [3.8, 4) is 0 Å². The molecule has 2 rings (SSSR count). The highest BCUT2D eigenvalue weighted by molar-refractivity contribution is 5.98. The zero-order valence-electron chi connectivity index (χ0n) is 11.5. The first-order valence-corrected chi connectivity index (χ1v) is 6.35. The van der Waals surface area contributed by atoms with Crippen molar-refractivity contribution < 1.29 is 9.18 Å². The number of hydrogen-bond acceptors (Lipinski definition) is 4. The molecule has 0 radical (unpaired) electrons. The van der Waals surface area contributed by atoms with Crippen LogP contribution in [0.2, 0.25) is 0 Å². The van der Waals surface area contributed by atoms with Gasteiger partial charge in [0.05, 0.1) is 11.8 Å². The Bertz CT molecular complexity index is 480. The summed E-state index contributed by atoms with van der Waals surface area (Å²) in [6.45, 7) is 4.20. The van der Waals surface area contributed by atoms with E-state index in [9.17, 15) is 9.18 Å². The summed E-state index contributed by atoms with van der Waals surface area (Å²) in [6.07, 6.45) is 1.11. The van der Waals surface area contributed by atoms with E-state index in [1.807, 2.05) is 7.05 Å². The van der Waals surface area contributed by atoms with Crippen LogP contribution < -0.4 is 5.32 Å². The van der Waals surface area contributed by atoms with E-state index >= 15 is 0 Å². The van der Waals surface area contributed by atoms with Crippen molar-refractivity contribution >= 4 is 11.7 Å². The van der Waals surface area contributed by atoms with Crippen molar-refractivity contribution in [2.75, 3.05) is 39.0 Å². The minimum Gasteiger partial charge on any atom is -0.372 e. The van der Waals surface area contributed by atoms with Crippen LogP contribution in [-0.4, -0.2) is 60.5 Å². The fourth-order valence-corrected chi connectivity index (χ4v) is 2.20. The maximum atomic E-state index is 13.3. The number of pyridine rings is 1. The summed E-state index contributed by atoms with van der Waals surface area (Å²) >= 11 is 0. The fraction of sp³-hybridized carbons (Fsp3) is 0.538. The molecule has 1 aromatic heterocycles. The molecule has 1 aliphatic heterocycles. The molecule has 1 aliphatic rings. The summed E-state index contributed by atoms with van der Waals surface area (Å²) in [5.74, 6) is -0.251. The van der Waals surface area contributed by atoms with E-state index in [-0.39, 0.29) is 5.91 Å². The maximum absolute atomic E-state index is 13.3. The van der Waals surface area contributed by atoms with Crippen LogP contribution in [0.3, 0.4) is 0 Å². The number of amides is 1. The van der Waals surface area contributed by atoms with E-state index in [0.717, 1.165) is 12.7 Å². The molecule has 1 N–H and O–H groups in total. The first-order chi connectivity index (χ1) is 9.02. The van der Waals surface area contributed by atoms with Gasteiger partial charge in [-0.25, -0.2) is 9.37 Å². The highest BCUT2D eigenvalue weighted by Gasteiger charge is 2.26. The molecule has 5 nitrogen and oxygen atoms in total. The minimum atomic E-state index is -0.496. The number of halogens is 1. The van der Waals surface area contributed by atoms with Gasteiger partial charge < -0.3 is 15.1 Å². The maximum Gasteiger partial charge on any atom is 0.257 e. The summed E-state index contributed by atoms with van der Waals surface area (Å²) in [4.78, 5) is 20.3. The van der Waals surface area contributed by atoms with Gasteiger partial charge in [-0.15, -0.1) is 0 Å². The van der Waals surface area contributed by atoms with Crippen LogP contribution in [0.25, 0.3) is 0 Å². The first kappa shape index (κ1) is 13.7. The number of nitrogens with one attached hydrogen (secondary N) is 1. The van der Waals surface area contributed by atoms with Gasteiger partial charge in [0.25, 0.3) is 5.91 Å². The van der Waals surface area contributed by atoms with Crippen molar-refractivity contribution in [3.63, 3.8) is 0 Å². The largest absolute Gasteiger partial charge is 0.372 e. The third-order valence-electron chi connectivity index (χ3n) is 3.57. The van der Waals surface area contributed by atoms with Crippen LogP contribution in [0.15, 0.2) is 12.3 Å². The molecule has 6 heteroatoms. The molecule has 0 aliphatic carbocycles. The predicted molar refractivity (Wildman–Crippen MR) is 71.7 cm³/mol. The van der Waals surface area contributed by atoms with Gasteiger partial charge in [-0.2, -0.15) is 0 Å². The first-order valence-electron chi connectivity index (χ1n) is 6.35. The number of nitrogens with zero attached hydrogens (tertiary/aromatic N) is 3. The van der Waals surface area contributed by atoms with Crippen molar-refractivity contribution in [1.82, 2.24) is 14.8 Å². The number of carbonyl (C=O) groups is 1. The van der Waals surface area contributed by atoms with Gasteiger partial charge in [0.1, 0.15) is 11.6 Å². The lowest BCUT2D eigenvalue weighted by Gasteiger charge is -2.37. The van der Waals surface area contributed by atoms with Crippen LogP contribution in [0, 0.1) is 5.82 Å². The van der Waals surface area contributed by atoms with Gasteiger partial charge in [-0.1, -0.05) is 0 Å². The van der Waals surface area contributed by atoms with Crippen LogP contribution in [0.4, 0.5) is 10.2 Å². The van der Waals surface area contributed by atoms with E-state index < -0.39 is 5.82 Å². The van der Waals surface area contributed by atoms with Gasteiger partial charge in [0, 0.05) is 32.7 Å². The lowest BCUT2D eigenvalue weighted by Crippen LogP contribution is -2.52. The molecule has 0 saturated carbocycles. The molecule has 1 aromatic rings. The van der Waals surface area contributed by atoms with Gasteiger partial charge in [0.15, 0.2) is 0 Å². The number of rotatable bonds is 2. The topological polar surface area (TPSA) is 48.5 Å². The second-order valence-corrected chi connectivity index (χ2v) is 4.88. The van der Waals surface area contributed by atoms with Crippen molar-refractivity contribution in [1.29, 1.82) is 0 Å². The van der Waals surface area contributed by atoms with Gasteiger partial charge in [0.2, 0.25) is 0 Å². The summed E-state index contributed by atoms with van der Waals surface area (Å²) in [5.41, 5.74) is 0.291. The molecule has 0 spiro atoms. The Labute approximate surface area is 112 Å². The van der Waals surface area contributed by atoms with Crippen molar-refractivity contribution in [2.24, 2.45) is 0 Å². The predicted octanol–water partition coefficient (Wildman–Crippen LogP) is 1.04. The van der Waals surface area contributed by atoms with Gasteiger partial charge in [-0.05, 0) is 20.0 Å². The molecule has 1 saturated heterocycles. The zero-order valence-corrected chi connectivity index (χ0v) is 11.5. The number of anilines is 1.